The molecule has 25 heavy (non-hydrogen) atoms. The zero-order chi connectivity index (χ0) is 17.2. The van der Waals surface area contributed by atoms with Gasteiger partial charge in [0.1, 0.15) is 0 Å². The van der Waals surface area contributed by atoms with Crippen molar-refractivity contribution in [2.75, 3.05) is 19.6 Å². The molecule has 0 bridgehead atoms. The van der Waals surface area contributed by atoms with Crippen molar-refractivity contribution in [2.45, 2.75) is 70.1 Å². The molecule has 4 nitrogen and oxygen atoms in total. The van der Waals surface area contributed by atoms with Crippen LogP contribution < -0.4 is 5.32 Å². The normalized spacial score (nSPS) is 22.3. The fourth-order valence-electron chi connectivity index (χ4n) is 4.11. The van der Waals surface area contributed by atoms with Gasteiger partial charge in [0.2, 0.25) is 5.91 Å². The number of nitrogens with zero attached hydrogens (tertiary/aromatic N) is 2. The zero-order valence-electron chi connectivity index (χ0n) is 15.4. The van der Waals surface area contributed by atoms with E-state index in [1.54, 1.807) is 0 Å². The number of aryl methyl sites for hydroxylation is 1. The second-order valence-corrected chi connectivity index (χ2v) is 8.23. The zero-order valence-corrected chi connectivity index (χ0v) is 15.4. The minimum Gasteiger partial charge on any atom is -0.352 e. The number of carbonyl (C=O) groups excluding carboxylic acids is 1. The molecule has 0 atom stereocenters. The second kappa shape index (κ2) is 7.46. The highest BCUT2D eigenvalue weighted by Crippen LogP contribution is 2.30. The van der Waals surface area contributed by atoms with Gasteiger partial charge in [0.15, 0.2) is 0 Å². The summed E-state index contributed by atoms with van der Waals surface area (Å²) < 4.78 is 0. The van der Waals surface area contributed by atoms with E-state index in [-0.39, 0.29) is 5.91 Å². The molecule has 2 saturated carbocycles. The van der Waals surface area contributed by atoms with Crippen LogP contribution in [0.3, 0.4) is 0 Å². The van der Waals surface area contributed by atoms with Crippen molar-refractivity contribution >= 4 is 5.91 Å². The Balaban J connectivity index is 1.26. The lowest BCUT2D eigenvalue weighted by Crippen LogP contribution is -2.48. The highest BCUT2D eigenvalue weighted by Gasteiger charge is 2.33. The van der Waals surface area contributed by atoms with E-state index in [0.717, 1.165) is 38.5 Å². The number of amides is 1. The van der Waals surface area contributed by atoms with E-state index in [1.165, 1.54) is 36.8 Å². The predicted molar refractivity (Wildman–Crippen MR) is 100 cm³/mol. The molecule has 2 aliphatic carbocycles. The highest BCUT2D eigenvalue weighted by molar-refractivity contribution is 5.78. The molecule has 1 saturated heterocycles. The van der Waals surface area contributed by atoms with Crippen molar-refractivity contribution in [3.8, 4) is 0 Å². The highest BCUT2D eigenvalue weighted by atomic mass is 16.2. The number of hydrogen-bond acceptors (Lipinski definition) is 3. The lowest BCUT2D eigenvalue weighted by Gasteiger charge is -2.33. The third-order valence-corrected chi connectivity index (χ3v) is 5.84. The van der Waals surface area contributed by atoms with Crippen LogP contribution in [-0.2, 0) is 11.3 Å². The summed E-state index contributed by atoms with van der Waals surface area (Å²) in [6.45, 7) is 5.88. The number of rotatable bonds is 7. The van der Waals surface area contributed by atoms with Crippen LogP contribution in [0, 0.1) is 6.92 Å². The molecule has 1 aliphatic heterocycles. The first-order valence-electron chi connectivity index (χ1n) is 10.0. The molecular weight excluding hydrogens is 310 g/mol. The molecule has 1 aromatic carbocycles. The molecule has 0 aromatic heterocycles. The number of benzene rings is 1. The molecule has 4 heteroatoms. The molecule has 136 valence electrons. The molecule has 0 radical (unpaired) electrons. The van der Waals surface area contributed by atoms with Gasteiger partial charge in [-0.05, 0) is 51.0 Å². The van der Waals surface area contributed by atoms with Crippen LogP contribution in [0.15, 0.2) is 24.3 Å². The smallest absolute Gasteiger partial charge is 0.234 e. The largest absolute Gasteiger partial charge is 0.352 e. The minimum absolute atomic E-state index is 0.212. The minimum atomic E-state index is 0.212. The van der Waals surface area contributed by atoms with Gasteiger partial charge < -0.3 is 10.2 Å². The van der Waals surface area contributed by atoms with Crippen LogP contribution in [0.4, 0.5) is 0 Å². The van der Waals surface area contributed by atoms with Gasteiger partial charge in [-0.1, -0.05) is 29.8 Å². The summed E-state index contributed by atoms with van der Waals surface area (Å²) in [4.78, 5) is 17.5. The number of nitrogens with one attached hydrogen (secondary N) is 1. The Morgan fingerprint density at radius 1 is 1.16 bits per heavy atom. The molecule has 1 aromatic rings. The summed E-state index contributed by atoms with van der Waals surface area (Å²) in [5.74, 6) is 0.212. The van der Waals surface area contributed by atoms with Crippen molar-refractivity contribution in [1.82, 2.24) is 15.1 Å². The first-order chi connectivity index (χ1) is 12.2. The summed E-state index contributed by atoms with van der Waals surface area (Å²) in [6, 6.07) is 10.5. The van der Waals surface area contributed by atoms with E-state index in [0.29, 0.717) is 18.6 Å². The van der Waals surface area contributed by atoms with Gasteiger partial charge in [-0.25, -0.2) is 0 Å². The maximum Gasteiger partial charge on any atom is 0.234 e. The van der Waals surface area contributed by atoms with Crippen molar-refractivity contribution in [3.63, 3.8) is 0 Å². The van der Waals surface area contributed by atoms with Crippen LogP contribution in [-0.4, -0.2) is 53.5 Å². The molecule has 1 heterocycles. The Morgan fingerprint density at radius 2 is 1.92 bits per heavy atom. The first kappa shape index (κ1) is 17.0. The average molecular weight is 341 g/mol. The van der Waals surface area contributed by atoms with Gasteiger partial charge in [-0.15, -0.1) is 0 Å². The molecule has 3 aliphatic rings. The van der Waals surface area contributed by atoms with Crippen molar-refractivity contribution < 1.29 is 4.79 Å². The molecule has 3 fully saturated rings. The van der Waals surface area contributed by atoms with Gasteiger partial charge in [0, 0.05) is 37.8 Å². The Labute approximate surface area is 151 Å². The number of piperidine rings is 1. The van der Waals surface area contributed by atoms with Crippen LogP contribution in [0.2, 0.25) is 0 Å². The van der Waals surface area contributed by atoms with Crippen molar-refractivity contribution in [3.05, 3.63) is 35.4 Å². The van der Waals surface area contributed by atoms with E-state index >= 15 is 0 Å². The Kier molecular flexibility index (Phi) is 5.09. The third-order valence-electron chi connectivity index (χ3n) is 5.84. The summed E-state index contributed by atoms with van der Waals surface area (Å²) in [6.07, 6.45) is 7.46. The average Bonchev–Trinajstić information content (AvgIpc) is 3.48. The van der Waals surface area contributed by atoms with Crippen molar-refractivity contribution in [1.29, 1.82) is 0 Å². The van der Waals surface area contributed by atoms with Gasteiger partial charge >= 0.3 is 0 Å². The van der Waals surface area contributed by atoms with E-state index in [1.807, 2.05) is 0 Å². The van der Waals surface area contributed by atoms with Crippen molar-refractivity contribution in [2.24, 2.45) is 0 Å². The maximum atomic E-state index is 12.6. The number of likely N-dealkylation sites (tertiary alicyclic amines) is 1. The summed E-state index contributed by atoms with van der Waals surface area (Å²) in [7, 11) is 0. The number of carbonyl (C=O) groups is 1. The topological polar surface area (TPSA) is 35.6 Å². The molecule has 1 amide bonds. The monoisotopic (exact) mass is 341 g/mol. The summed E-state index contributed by atoms with van der Waals surface area (Å²) in [5.41, 5.74) is 2.61. The first-order valence-corrected chi connectivity index (χ1v) is 10.0. The van der Waals surface area contributed by atoms with Gasteiger partial charge in [-0.3, -0.25) is 9.69 Å². The Bertz CT molecular complexity index is 601. The number of hydrogen-bond donors (Lipinski definition) is 1. The fourth-order valence-corrected chi connectivity index (χ4v) is 4.11. The van der Waals surface area contributed by atoms with Crippen LogP contribution >= 0.6 is 0 Å². The molecular formula is C21H31N3O. The quantitative estimate of drug-likeness (QED) is 0.828. The van der Waals surface area contributed by atoms with E-state index < -0.39 is 0 Å². The van der Waals surface area contributed by atoms with E-state index in [2.05, 4.69) is 46.3 Å². The fraction of sp³-hybridized carbons (Fsp3) is 0.667. The molecule has 0 unspecified atom stereocenters. The molecule has 1 N–H and O–H groups in total. The van der Waals surface area contributed by atoms with Gasteiger partial charge in [-0.2, -0.15) is 0 Å². The third kappa shape index (κ3) is 4.83. The van der Waals surface area contributed by atoms with E-state index in [4.69, 9.17) is 0 Å². The predicted octanol–water partition coefficient (Wildman–Crippen LogP) is 2.70. The van der Waals surface area contributed by atoms with E-state index in [9.17, 15) is 4.79 Å². The van der Waals surface area contributed by atoms with Gasteiger partial charge in [0.05, 0.1) is 6.54 Å². The lowest BCUT2D eigenvalue weighted by molar-refractivity contribution is -0.123. The van der Waals surface area contributed by atoms with Gasteiger partial charge in [0.25, 0.3) is 0 Å². The second-order valence-electron chi connectivity index (χ2n) is 8.23. The SMILES string of the molecule is Cc1cccc(CN(CC(=O)NC2CCN(C3CC3)CC2)C2CC2)c1. The maximum absolute atomic E-state index is 12.6. The molecule has 4 rings (SSSR count). The summed E-state index contributed by atoms with van der Waals surface area (Å²) in [5, 5.41) is 3.30. The standard InChI is InChI=1S/C21H31N3O/c1-16-3-2-4-17(13-16)14-24(20-7-8-20)15-21(25)22-18-9-11-23(12-10-18)19-5-6-19/h2-4,13,18-20H,5-12,14-15H2,1H3,(H,22,25). The van der Waals surface area contributed by atoms with Crippen LogP contribution in [0.1, 0.15) is 49.7 Å². The lowest BCUT2D eigenvalue weighted by atomic mass is 10.0. The van der Waals surface area contributed by atoms with Crippen LogP contribution in [0.25, 0.3) is 0 Å². The Hall–Kier alpha value is -1.39. The molecule has 0 spiro atoms. The summed E-state index contributed by atoms with van der Waals surface area (Å²) >= 11 is 0. The van der Waals surface area contributed by atoms with Crippen LogP contribution in [0.5, 0.6) is 0 Å². The Morgan fingerprint density at radius 3 is 2.56 bits per heavy atom.